The fraction of sp³-hybridized carbons (Fsp3) is 0.545. The number of thioether (sulfide) groups is 1. The Balaban J connectivity index is 1.87. The second kappa shape index (κ2) is 9.38. The van der Waals surface area contributed by atoms with Crippen molar-refractivity contribution in [2.45, 2.75) is 43.4 Å². The van der Waals surface area contributed by atoms with E-state index in [1.165, 1.54) is 10.3 Å². The topological polar surface area (TPSA) is 76.0 Å². The smallest absolute Gasteiger partial charge is 0.425 e. The highest BCUT2D eigenvalue weighted by Gasteiger charge is 2.63. The second-order valence-corrected chi connectivity index (χ2v) is 11.9. The van der Waals surface area contributed by atoms with Gasteiger partial charge in [-0.1, -0.05) is 0 Å². The molecule has 1 amide bonds. The molecule has 3 atom stereocenters. The summed E-state index contributed by atoms with van der Waals surface area (Å²) in [5, 5.41) is 1.50. The molecule has 1 saturated heterocycles. The minimum atomic E-state index is -4.70. The number of halogens is 5. The molecule has 0 N–H and O–H groups in total. The standard InChI is InChI=1S/C22H25F5N2O4S2/c1-13(22(25,26)27)33-17-6-5-15(35(4,31)32)7-16(17)19(30)29-9-14-8-21(14,11-29)18(28-3)10-34-12-20(2,23)24/h5-7,10,13-14H,3,8-9,11-12H2,1-2,4H3/b18-10-. The number of amides is 1. The minimum absolute atomic E-state index is 0.0255. The molecule has 0 bridgehead atoms. The van der Waals surface area contributed by atoms with Gasteiger partial charge in [-0.2, -0.15) is 13.2 Å². The van der Waals surface area contributed by atoms with Gasteiger partial charge in [0.05, 0.1) is 21.9 Å². The maximum atomic E-state index is 13.3. The Labute approximate surface area is 204 Å². The molecular formula is C22H25F5N2O4S2. The van der Waals surface area contributed by atoms with Crippen LogP contribution in [0.5, 0.6) is 5.75 Å². The van der Waals surface area contributed by atoms with Crippen LogP contribution in [0.25, 0.3) is 0 Å². The zero-order chi connectivity index (χ0) is 26.4. The van der Waals surface area contributed by atoms with Crippen LogP contribution < -0.4 is 4.74 Å². The molecule has 2 aliphatic rings. The predicted molar refractivity (Wildman–Crippen MR) is 123 cm³/mol. The minimum Gasteiger partial charge on any atom is -0.480 e. The molecule has 2 fully saturated rings. The number of ether oxygens (including phenoxy) is 1. The lowest BCUT2D eigenvalue weighted by Gasteiger charge is -2.24. The van der Waals surface area contributed by atoms with Gasteiger partial charge >= 0.3 is 6.18 Å². The molecule has 0 spiro atoms. The van der Waals surface area contributed by atoms with Crippen molar-refractivity contribution in [1.29, 1.82) is 0 Å². The molecule has 0 radical (unpaired) electrons. The van der Waals surface area contributed by atoms with Gasteiger partial charge in [0.25, 0.3) is 11.8 Å². The maximum absolute atomic E-state index is 13.3. The molecule has 194 valence electrons. The van der Waals surface area contributed by atoms with Crippen LogP contribution in [0.2, 0.25) is 0 Å². The highest BCUT2D eigenvalue weighted by molar-refractivity contribution is 8.02. The first-order valence-corrected chi connectivity index (χ1v) is 13.5. The van der Waals surface area contributed by atoms with Crippen LogP contribution in [0.1, 0.15) is 30.6 Å². The fourth-order valence-electron chi connectivity index (χ4n) is 4.05. The van der Waals surface area contributed by atoms with Gasteiger partial charge < -0.3 is 9.64 Å². The number of piperidine rings is 1. The van der Waals surface area contributed by atoms with Gasteiger partial charge in [-0.25, -0.2) is 17.2 Å². The molecule has 13 heteroatoms. The number of fused-ring (bicyclic) bond motifs is 1. The summed E-state index contributed by atoms with van der Waals surface area (Å²) in [5.41, 5.74) is -0.418. The van der Waals surface area contributed by atoms with Crippen molar-refractivity contribution in [1.82, 2.24) is 4.90 Å². The Bertz CT molecular complexity index is 1150. The van der Waals surface area contributed by atoms with E-state index in [4.69, 9.17) is 4.74 Å². The number of carbonyl (C=O) groups excluding carboxylic acids is 1. The normalized spacial score (nSPS) is 23.6. The van der Waals surface area contributed by atoms with E-state index >= 15 is 0 Å². The van der Waals surface area contributed by atoms with Gasteiger partial charge in [-0.05, 0) is 49.6 Å². The number of alkyl halides is 5. The Morgan fingerprint density at radius 1 is 1.37 bits per heavy atom. The van der Waals surface area contributed by atoms with E-state index in [1.54, 1.807) is 0 Å². The van der Waals surface area contributed by atoms with Crippen LogP contribution >= 0.6 is 11.8 Å². The quantitative estimate of drug-likeness (QED) is 0.332. The second-order valence-electron chi connectivity index (χ2n) is 9.02. The third-order valence-electron chi connectivity index (χ3n) is 6.02. The molecule has 1 saturated carbocycles. The van der Waals surface area contributed by atoms with Crippen molar-refractivity contribution in [3.8, 4) is 5.75 Å². The Kier molecular flexibility index (Phi) is 7.35. The average molecular weight is 541 g/mol. The molecule has 1 aromatic carbocycles. The third kappa shape index (κ3) is 6.16. The lowest BCUT2D eigenvalue weighted by Crippen LogP contribution is -2.34. The summed E-state index contributed by atoms with van der Waals surface area (Å²) in [6.07, 6.45) is -5.36. The number of aliphatic imine (C=N–C) groups is 1. The van der Waals surface area contributed by atoms with Gasteiger partial charge in [0.15, 0.2) is 15.9 Å². The summed E-state index contributed by atoms with van der Waals surface area (Å²) in [7, 11) is -3.75. The maximum Gasteiger partial charge on any atom is 0.425 e. The van der Waals surface area contributed by atoms with Crippen LogP contribution in [-0.2, 0) is 9.84 Å². The molecule has 35 heavy (non-hydrogen) atoms. The number of hydrogen-bond acceptors (Lipinski definition) is 6. The first-order valence-electron chi connectivity index (χ1n) is 10.5. The molecule has 1 aliphatic heterocycles. The van der Waals surface area contributed by atoms with Gasteiger partial charge in [0.1, 0.15) is 5.75 Å². The predicted octanol–water partition coefficient (Wildman–Crippen LogP) is 4.81. The van der Waals surface area contributed by atoms with Crippen LogP contribution in [0.15, 0.2) is 39.2 Å². The van der Waals surface area contributed by atoms with Crippen molar-refractivity contribution in [2.24, 2.45) is 16.3 Å². The van der Waals surface area contributed by atoms with Crippen molar-refractivity contribution >= 4 is 34.2 Å². The number of hydrogen-bond donors (Lipinski definition) is 0. The van der Waals surface area contributed by atoms with Gasteiger partial charge in [0, 0.05) is 31.7 Å². The zero-order valence-electron chi connectivity index (χ0n) is 19.2. The number of carbonyl (C=O) groups is 1. The Morgan fingerprint density at radius 2 is 2.03 bits per heavy atom. The lowest BCUT2D eigenvalue weighted by molar-refractivity contribution is -0.189. The number of benzene rings is 1. The summed E-state index contributed by atoms with van der Waals surface area (Å²) in [4.78, 5) is 18.5. The van der Waals surface area contributed by atoms with E-state index in [-0.39, 0.29) is 35.2 Å². The van der Waals surface area contributed by atoms with Crippen molar-refractivity contribution in [3.05, 3.63) is 34.9 Å². The highest BCUT2D eigenvalue weighted by Crippen LogP contribution is 2.63. The van der Waals surface area contributed by atoms with Crippen molar-refractivity contribution in [3.63, 3.8) is 0 Å². The summed E-state index contributed by atoms with van der Waals surface area (Å²) in [6, 6.07) is 3.13. The SMILES string of the molecule is C=N/C(=C\SCC(C)(F)F)C12CC1CN(C(=O)c1cc(S(C)(=O)=O)ccc1OC(C)C(F)(F)F)C2. The number of sulfone groups is 1. The average Bonchev–Trinajstić information content (AvgIpc) is 3.29. The van der Waals surface area contributed by atoms with E-state index < -0.39 is 45.1 Å². The first kappa shape index (κ1) is 27.4. The van der Waals surface area contributed by atoms with E-state index in [9.17, 15) is 35.2 Å². The van der Waals surface area contributed by atoms with Crippen molar-refractivity contribution < 1.29 is 39.9 Å². The molecule has 1 aromatic rings. The zero-order valence-corrected chi connectivity index (χ0v) is 20.9. The van der Waals surface area contributed by atoms with Gasteiger partial charge in [-0.3, -0.25) is 9.79 Å². The Hall–Kier alpha value is -2.15. The molecule has 1 heterocycles. The summed E-state index contributed by atoms with van der Waals surface area (Å²) in [6.45, 7) is 5.48. The van der Waals surface area contributed by atoms with Crippen molar-refractivity contribution in [2.75, 3.05) is 25.1 Å². The Morgan fingerprint density at radius 3 is 2.57 bits per heavy atom. The summed E-state index contributed by atoms with van der Waals surface area (Å²) in [5.74, 6) is -4.43. The summed E-state index contributed by atoms with van der Waals surface area (Å²) < 4.78 is 94.5. The van der Waals surface area contributed by atoms with E-state index in [0.29, 0.717) is 12.1 Å². The van der Waals surface area contributed by atoms with Gasteiger partial charge in [-0.15, -0.1) is 11.8 Å². The third-order valence-corrected chi connectivity index (χ3v) is 8.19. The molecule has 0 aromatic heterocycles. The van der Waals surface area contributed by atoms with E-state index in [0.717, 1.165) is 50.1 Å². The summed E-state index contributed by atoms with van der Waals surface area (Å²) >= 11 is 0.885. The van der Waals surface area contributed by atoms with Crippen LogP contribution in [0, 0.1) is 11.3 Å². The van der Waals surface area contributed by atoms with E-state index in [2.05, 4.69) is 11.7 Å². The first-order chi connectivity index (χ1) is 16.0. The molecule has 3 rings (SSSR count). The molecule has 3 unspecified atom stereocenters. The lowest BCUT2D eigenvalue weighted by atomic mass is 10.0. The van der Waals surface area contributed by atoms with Gasteiger partial charge in [0.2, 0.25) is 0 Å². The monoisotopic (exact) mass is 540 g/mol. The number of likely N-dealkylation sites (tertiary alicyclic amines) is 1. The molecule has 6 nitrogen and oxygen atoms in total. The largest absolute Gasteiger partial charge is 0.480 e. The number of rotatable bonds is 9. The van der Waals surface area contributed by atoms with Crippen LogP contribution in [-0.4, -0.2) is 69.2 Å². The molecular weight excluding hydrogens is 515 g/mol. The fourth-order valence-corrected chi connectivity index (χ4v) is 5.54. The van der Waals surface area contributed by atoms with E-state index in [1.807, 2.05) is 0 Å². The highest BCUT2D eigenvalue weighted by atomic mass is 32.2. The molecule has 1 aliphatic carbocycles. The number of nitrogens with zero attached hydrogens (tertiary/aromatic N) is 2. The van der Waals surface area contributed by atoms with Crippen LogP contribution in [0.4, 0.5) is 22.0 Å². The van der Waals surface area contributed by atoms with Crippen LogP contribution in [0.3, 0.4) is 0 Å².